The van der Waals surface area contributed by atoms with Crippen molar-refractivity contribution < 1.29 is 17.9 Å². The van der Waals surface area contributed by atoms with Crippen molar-refractivity contribution in [3.63, 3.8) is 0 Å². The highest BCUT2D eigenvalue weighted by Gasteiger charge is 2.48. The van der Waals surface area contributed by atoms with Crippen molar-refractivity contribution in [1.29, 1.82) is 0 Å². The van der Waals surface area contributed by atoms with E-state index in [1.165, 1.54) is 4.57 Å². The van der Waals surface area contributed by atoms with Crippen LogP contribution in [0.2, 0.25) is 0 Å². The lowest BCUT2D eigenvalue weighted by Gasteiger charge is -2.24. The van der Waals surface area contributed by atoms with Gasteiger partial charge in [-0.3, -0.25) is 4.57 Å². The van der Waals surface area contributed by atoms with Gasteiger partial charge in [-0.25, -0.2) is 9.89 Å². The first-order valence-electron chi connectivity index (χ1n) is 6.43. The quantitative estimate of drug-likeness (QED) is 0.847. The van der Waals surface area contributed by atoms with Crippen LogP contribution in [0.1, 0.15) is 26.2 Å². The molecule has 1 N–H and O–H groups in total. The van der Waals surface area contributed by atoms with Crippen LogP contribution in [0.15, 0.2) is 9.95 Å². The minimum atomic E-state index is -4.40. The van der Waals surface area contributed by atoms with E-state index in [-0.39, 0.29) is 5.16 Å². The second kappa shape index (κ2) is 6.21. The lowest BCUT2D eigenvalue weighted by Crippen LogP contribution is -2.37. The van der Waals surface area contributed by atoms with Crippen LogP contribution >= 0.6 is 11.8 Å². The van der Waals surface area contributed by atoms with Gasteiger partial charge in [-0.1, -0.05) is 18.7 Å². The second-order valence-corrected chi connectivity index (χ2v) is 5.70. The van der Waals surface area contributed by atoms with Crippen molar-refractivity contribution in [2.75, 3.05) is 6.61 Å². The molecule has 9 heteroatoms. The number of hydrogen-bond acceptors (Lipinski definition) is 4. The van der Waals surface area contributed by atoms with Gasteiger partial charge in [0.15, 0.2) is 5.16 Å². The first-order valence-corrected chi connectivity index (χ1v) is 7.31. The Morgan fingerprint density at radius 3 is 2.90 bits per heavy atom. The Morgan fingerprint density at radius 1 is 1.60 bits per heavy atom. The molecule has 1 saturated heterocycles. The minimum absolute atomic E-state index is 0.0645. The molecule has 0 spiro atoms. The third kappa shape index (κ3) is 3.38. The predicted octanol–water partition coefficient (Wildman–Crippen LogP) is 2.18. The summed E-state index contributed by atoms with van der Waals surface area (Å²) in [4.78, 5) is 11.5. The van der Waals surface area contributed by atoms with E-state index in [4.69, 9.17) is 4.74 Å². The molecule has 0 amide bonds. The number of alkyl halides is 3. The molecule has 1 aliphatic heterocycles. The Balaban J connectivity index is 2.21. The van der Waals surface area contributed by atoms with E-state index >= 15 is 0 Å². The first kappa shape index (κ1) is 15.4. The molecule has 2 heterocycles. The van der Waals surface area contributed by atoms with E-state index in [0.29, 0.717) is 44.2 Å². The number of ether oxygens (including phenoxy) is 1. The van der Waals surface area contributed by atoms with E-state index in [2.05, 4.69) is 10.2 Å². The lowest BCUT2D eigenvalue weighted by atomic mass is 10.2. The molecule has 0 bridgehead atoms. The summed E-state index contributed by atoms with van der Waals surface area (Å²) < 4.78 is 45.9. The summed E-state index contributed by atoms with van der Waals surface area (Å²) in [7, 11) is 0. The number of aromatic nitrogens is 3. The monoisotopic (exact) mass is 311 g/mol. The maximum Gasteiger partial charge on any atom is 0.403 e. The Bertz CT molecular complexity index is 494. The van der Waals surface area contributed by atoms with Crippen LogP contribution < -0.4 is 5.69 Å². The second-order valence-electron chi connectivity index (χ2n) is 4.59. The van der Waals surface area contributed by atoms with Crippen molar-refractivity contribution >= 4 is 11.8 Å². The van der Waals surface area contributed by atoms with Crippen LogP contribution in [-0.4, -0.2) is 38.9 Å². The number of nitrogens with one attached hydrogen (secondary N) is 1. The maximum absolute atomic E-state index is 13.2. The molecule has 1 aromatic heterocycles. The molecule has 2 unspecified atom stereocenters. The summed E-state index contributed by atoms with van der Waals surface area (Å²) in [5.74, 6) is 0. The van der Waals surface area contributed by atoms with Crippen LogP contribution in [0.3, 0.4) is 0 Å². The summed E-state index contributed by atoms with van der Waals surface area (Å²) in [6.45, 7) is 2.53. The molecule has 1 fully saturated rings. The summed E-state index contributed by atoms with van der Waals surface area (Å²) in [6, 6.07) is 0. The van der Waals surface area contributed by atoms with Gasteiger partial charge < -0.3 is 4.74 Å². The van der Waals surface area contributed by atoms with Crippen LogP contribution in [0.4, 0.5) is 13.2 Å². The molecule has 20 heavy (non-hydrogen) atoms. The van der Waals surface area contributed by atoms with Crippen molar-refractivity contribution in [2.45, 2.75) is 55.4 Å². The first-order chi connectivity index (χ1) is 9.43. The van der Waals surface area contributed by atoms with Gasteiger partial charge in [0.1, 0.15) is 5.25 Å². The summed E-state index contributed by atoms with van der Waals surface area (Å²) in [6.07, 6.45) is -3.63. The van der Waals surface area contributed by atoms with Crippen molar-refractivity contribution in [3.05, 3.63) is 10.5 Å². The number of aromatic amines is 1. The van der Waals surface area contributed by atoms with Crippen molar-refractivity contribution in [1.82, 2.24) is 14.8 Å². The molecule has 0 aliphatic carbocycles. The zero-order chi connectivity index (χ0) is 14.8. The van der Waals surface area contributed by atoms with E-state index in [9.17, 15) is 18.0 Å². The molecule has 0 radical (unpaired) electrons. The Kier molecular flexibility index (Phi) is 4.79. The fourth-order valence-electron chi connectivity index (χ4n) is 2.12. The van der Waals surface area contributed by atoms with Gasteiger partial charge in [0.2, 0.25) is 0 Å². The van der Waals surface area contributed by atoms with E-state index < -0.39 is 23.2 Å². The highest BCUT2D eigenvalue weighted by Crippen LogP contribution is 2.39. The average molecular weight is 311 g/mol. The van der Waals surface area contributed by atoms with E-state index in [1.54, 1.807) is 0 Å². The molecule has 0 aromatic carbocycles. The third-order valence-corrected chi connectivity index (χ3v) is 4.38. The number of H-pyrrole nitrogens is 1. The number of hydrogen-bond donors (Lipinski definition) is 1. The topological polar surface area (TPSA) is 59.9 Å². The highest BCUT2D eigenvalue weighted by molar-refractivity contribution is 7.99. The molecule has 2 rings (SSSR count). The summed E-state index contributed by atoms with van der Waals surface area (Å²) in [5.41, 5.74) is -0.484. The molecule has 1 aromatic rings. The molecule has 114 valence electrons. The van der Waals surface area contributed by atoms with E-state index in [0.717, 1.165) is 0 Å². The molecular weight excluding hydrogens is 295 g/mol. The third-order valence-electron chi connectivity index (χ3n) is 3.03. The smallest absolute Gasteiger partial charge is 0.377 e. The minimum Gasteiger partial charge on any atom is -0.377 e. The van der Waals surface area contributed by atoms with Crippen LogP contribution in [0.25, 0.3) is 0 Å². The molecule has 1 aliphatic rings. The zero-order valence-corrected chi connectivity index (χ0v) is 11.8. The molecule has 5 nitrogen and oxygen atoms in total. The van der Waals surface area contributed by atoms with Gasteiger partial charge in [0.05, 0.1) is 6.10 Å². The van der Waals surface area contributed by atoms with Crippen molar-refractivity contribution in [2.24, 2.45) is 0 Å². The standard InChI is InChI=1S/C11H16F3N3O2S/c1-2-5-17-9(18)15-16-10(17)20-8(11(12,13)14)7-4-3-6-19-7/h7-8H,2-6H2,1H3,(H,15,18). The van der Waals surface area contributed by atoms with Gasteiger partial charge >= 0.3 is 11.9 Å². The SMILES string of the molecule is CCCn1c(SC(C2CCCO2)C(F)(F)F)n[nH]c1=O. The van der Waals surface area contributed by atoms with E-state index in [1.807, 2.05) is 6.92 Å². The van der Waals surface area contributed by atoms with Crippen LogP contribution in [-0.2, 0) is 11.3 Å². The van der Waals surface area contributed by atoms with Gasteiger partial charge in [-0.15, -0.1) is 5.10 Å². The largest absolute Gasteiger partial charge is 0.403 e. The number of nitrogens with zero attached hydrogens (tertiary/aromatic N) is 2. The fourth-order valence-corrected chi connectivity index (χ4v) is 3.25. The summed E-state index contributed by atoms with van der Waals surface area (Å²) >= 11 is 0.551. The van der Waals surface area contributed by atoms with Crippen LogP contribution in [0, 0.1) is 0 Å². The zero-order valence-electron chi connectivity index (χ0n) is 10.9. The average Bonchev–Trinajstić information content (AvgIpc) is 2.98. The predicted molar refractivity (Wildman–Crippen MR) is 67.8 cm³/mol. The van der Waals surface area contributed by atoms with Gasteiger partial charge in [0, 0.05) is 13.2 Å². The van der Waals surface area contributed by atoms with Gasteiger partial charge in [0.25, 0.3) is 0 Å². The van der Waals surface area contributed by atoms with Gasteiger partial charge in [-0.05, 0) is 19.3 Å². The highest BCUT2D eigenvalue weighted by atomic mass is 32.2. The lowest BCUT2D eigenvalue weighted by molar-refractivity contribution is -0.148. The maximum atomic E-state index is 13.2. The Morgan fingerprint density at radius 2 is 2.35 bits per heavy atom. The fraction of sp³-hybridized carbons (Fsp3) is 0.818. The Hall–Kier alpha value is -0.960. The summed E-state index contributed by atoms with van der Waals surface area (Å²) in [5, 5.41) is 4.26. The molecule has 2 atom stereocenters. The van der Waals surface area contributed by atoms with Gasteiger partial charge in [-0.2, -0.15) is 13.2 Å². The number of halogens is 3. The van der Waals surface area contributed by atoms with Crippen molar-refractivity contribution in [3.8, 4) is 0 Å². The number of thioether (sulfide) groups is 1. The number of rotatable bonds is 5. The normalized spacial score (nSPS) is 21.3. The molecule has 0 saturated carbocycles. The van der Waals surface area contributed by atoms with Crippen LogP contribution in [0.5, 0.6) is 0 Å². The Labute approximate surface area is 117 Å². The molecular formula is C11H16F3N3O2S.